The summed E-state index contributed by atoms with van der Waals surface area (Å²) in [6.07, 6.45) is 10.7. The third-order valence-electron chi connectivity index (χ3n) is 3.69. The molecule has 0 saturated heterocycles. The van der Waals surface area contributed by atoms with Gasteiger partial charge >= 0.3 is 0 Å². The van der Waals surface area contributed by atoms with Crippen LogP contribution in [0.3, 0.4) is 0 Å². The van der Waals surface area contributed by atoms with E-state index in [2.05, 4.69) is 6.92 Å². The zero-order valence-corrected chi connectivity index (χ0v) is 12.6. The quantitative estimate of drug-likeness (QED) is 0.482. The SMILES string of the molecule is CCC1(COC/C=C\N)C(OC/C=C\N)C1OC/C=C/N. The fourth-order valence-corrected chi connectivity index (χ4v) is 2.39. The Kier molecular flexibility index (Phi) is 7.89. The lowest BCUT2D eigenvalue weighted by atomic mass is 10.0. The Morgan fingerprint density at radius 2 is 1.33 bits per heavy atom. The molecular weight excluding hydrogens is 270 g/mol. The van der Waals surface area contributed by atoms with E-state index in [9.17, 15) is 0 Å². The highest BCUT2D eigenvalue weighted by Gasteiger charge is 2.66. The highest BCUT2D eigenvalue weighted by Crippen LogP contribution is 2.53. The van der Waals surface area contributed by atoms with Crippen molar-refractivity contribution in [1.29, 1.82) is 0 Å². The Labute approximate surface area is 126 Å². The van der Waals surface area contributed by atoms with Gasteiger partial charge in [0.15, 0.2) is 0 Å². The Bertz CT molecular complexity index is 347. The predicted molar refractivity (Wildman–Crippen MR) is 83.0 cm³/mol. The van der Waals surface area contributed by atoms with Crippen LogP contribution in [0, 0.1) is 5.41 Å². The van der Waals surface area contributed by atoms with Crippen LogP contribution in [-0.2, 0) is 14.2 Å². The van der Waals surface area contributed by atoms with E-state index in [1.165, 1.54) is 18.6 Å². The predicted octanol–water partition coefficient (Wildman–Crippen LogP) is 0.601. The molecule has 0 aromatic heterocycles. The van der Waals surface area contributed by atoms with E-state index in [0.29, 0.717) is 26.4 Å². The van der Waals surface area contributed by atoms with Crippen LogP contribution < -0.4 is 17.2 Å². The normalized spacial score (nSPS) is 29.0. The number of hydrogen-bond acceptors (Lipinski definition) is 6. The van der Waals surface area contributed by atoms with Gasteiger partial charge in [-0.15, -0.1) is 0 Å². The van der Waals surface area contributed by atoms with Crippen molar-refractivity contribution >= 4 is 0 Å². The van der Waals surface area contributed by atoms with Gasteiger partial charge in [0, 0.05) is 0 Å². The molecule has 1 rings (SSSR count). The van der Waals surface area contributed by atoms with Gasteiger partial charge in [0.25, 0.3) is 0 Å². The summed E-state index contributed by atoms with van der Waals surface area (Å²) < 4.78 is 17.3. The first-order chi connectivity index (χ1) is 10.3. The van der Waals surface area contributed by atoms with Crippen molar-refractivity contribution in [1.82, 2.24) is 0 Å². The third-order valence-corrected chi connectivity index (χ3v) is 3.69. The smallest absolute Gasteiger partial charge is 0.0952 e. The fourth-order valence-electron chi connectivity index (χ4n) is 2.39. The number of rotatable bonds is 11. The highest BCUT2D eigenvalue weighted by atomic mass is 16.6. The molecule has 1 aliphatic rings. The van der Waals surface area contributed by atoms with E-state index in [-0.39, 0.29) is 17.6 Å². The van der Waals surface area contributed by atoms with Crippen LogP contribution in [-0.4, -0.2) is 38.6 Å². The van der Waals surface area contributed by atoms with E-state index in [0.717, 1.165) is 6.42 Å². The monoisotopic (exact) mass is 297 g/mol. The first kappa shape index (κ1) is 17.6. The largest absolute Gasteiger partial charge is 0.405 e. The summed E-state index contributed by atoms with van der Waals surface area (Å²) in [5.41, 5.74) is 15.8. The second-order valence-corrected chi connectivity index (χ2v) is 4.89. The summed E-state index contributed by atoms with van der Waals surface area (Å²) in [5, 5.41) is 0. The maximum atomic E-state index is 5.83. The van der Waals surface area contributed by atoms with E-state index < -0.39 is 0 Å². The van der Waals surface area contributed by atoms with Gasteiger partial charge < -0.3 is 31.4 Å². The third kappa shape index (κ3) is 4.77. The maximum Gasteiger partial charge on any atom is 0.0952 e. The lowest BCUT2D eigenvalue weighted by Crippen LogP contribution is -2.18. The first-order valence-corrected chi connectivity index (χ1v) is 7.18. The Morgan fingerprint density at radius 3 is 1.76 bits per heavy atom. The summed E-state index contributed by atoms with van der Waals surface area (Å²) in [7, 11) is 0. The summed E-state index contributed by atoms with van der Waals surface area (Å²) in [5.74, 6) is 0. The summed E-state index contributed by atoms with van der Waals surface area (Å²) >= 11 is 0. The minimum Gasteiger partial charge on any atom is -0.405 e. The summed E-state index contributed by atoms with van der Waals surface area (Å²) in [6, 6.07) is 0. The molecule has 0 aromatic rings. The molecule has 0 aliphatic heterocycles. The van der Waals surface area contributed by atoms with Crippen molar-refractivity contribution in [3.63, 3.8) is 0 Å². The number of hydrogen-bond donors (Lipinski definition) is 3. The second kappa shape index (κ2) is 9.44. The average Bonchev–Trinajstić information content (AvgIpc) is 3.11. The lowest BCUT2D eigenvalue weighted by molar-refractivity contribution is 0.0515. The molecule has 1 fully saturated rings. The van der Waals surface area contributed by atoms with Crippen molar-refractivity contribution < 1.29 is 14.2 Å². The maximum absolute atomic E-state index is 5.83. The van der Waals surface area contributed by atoms with E-state index in [4.69, 9.17) is 31.4 Å². The van der Waals surface area contributed by atoms with Crippen molar-refractivity contribution in [2.24, 2.45) is 22.6 Å². The molecule has 0 bridgehead atoms. The highest BCUT2D eigenvalue weighted by molar-refractivity contribution is 5.15. The molecule has 6 N–H and O–H groups in total. The fraction of sp³-hybridized carbons (Fsp3) is 0.600. The van der Waals surface area contributed by atoms with Gasteiger partial charge in [-0.2, -0.15) is 0 Å². The summed E-state index contributed by atoms with van der Waals surface area (Å²) in [4.78, 5) is 0. The van der Waals surface area contributed by atoms with Crippen LogP contribution in [0.4, 0.5) is 0 Å². The van der Waals surface area contributed by atoms with Crippen molar-refractivity contribution in [2.45, 2.75) is 25.6 Å². The van der Waals surface area contributed by atoms with Gasteiger partial charge in [-0.1, -0.05) is 6.92 Å². The summed E-state index contributed by atoms with van der Waals surface area (Å²) in [6.45, 7) is 4.11. The Balaban J connectivity index is 2.56. The van der Waals surface area contributed by atoms with Crippen LogP contribution >= 0.6 is 0 Å². The zero-order valence-electron chi connectivity index (χ0n) is 12.6. The molecule has 0 spiro atoms. The van der Waals surface area contributed by atoms with Crippen LogP contribution in [0.15, 0.2) is 36.8 Å². The molecule has 0 aromatic carbocycles. The van der Waals surface area contributed by atoms with Crippen LogP contribution in [0.5, 0.6) is 0 Å². The second-order valence-electron chi connectivity index (χ2n) is 4.89. The minimum absolute atomic E-state index is 0.00623. The van der Waals surface area contributed by atoms with E-state index >= 15 is 0 Å². The molecule has 0 heterocycles. The average molecular weight is 297 g/mol. The topological polar surface area (TPSA) is 106 Å². The zero-order chi connectivity index (χ0) is 15.6. The standard InChI is InChI=1S/C15H27N3O3/c1-2-15(12-19-9-3-6-16)13(20-10-4-7-17)14(15)21-11-5-8-18/h3-8,13-14H,2,9-12,16-18H2,1H3/b6-3-,7-4-,8-5+. The molecule has 3 unspecified atom stereocenters. The van der Waals surface area contributed by atoms with Crippen molar-refractivity contribution in [3.8, 4) is 0 Å². The van der Waals surface area contributed by atoms with Crippen molar-refractivity contribution in [2.75, 3.05) is 26.4 Å². The van der Waals surface area contributed by atoms with E-state index in [1.54, 1.807) is 18.2 Å². The van der Waals surface area contributed by atoms with Crippen LogP contribution in [0.25, 0.3) is 0 Å². The first-order valence-electron chi connectivity index (χ1n) is 7.18. The van der Waals surface area contributed by atoms with Gasteiger partial charge in [-0.05, 0) is 43.2 Å². The molecule has 120 valence electrons. The van der Waals surface area contributed by atoms with Gasteiger partial charge in [0.2, 0.25) is 0 Å². The van der Waals surface area contributed by atoms with Gasteiger partial charge in [0.05, 0.1) is 44.1 Å². The van der Waals surface area contributed by atoms with Gasteiger partial charge in [-0.25, -0.2) is 0 Å². The molecule has 3 atom stereocenters. The van der Waals surface area contributed by atoms with E-state index in [1.807, 2.05) is 0 Å². The van der Waals surface area contributed by atoms with Crippen molar-refractivity contribution in [3.05, 3.63) is 36.8 Å². The molecule has 0 amide bonds. The molecule has 6 nitrogen and oxygen atoms in total. The molecular formula is C15H27N3O3. The minimum atomic E-state index is -0.118. The van der Waals surface area contributed by atoms with Gasteiger partial charge in [0.1, 0.15) is 0 Å². The molecule has 1 aliphatic carbocycles. The molecule has 0 radical (unpaired) electrons. The molecule has 6 heteroatoms. The number of ether oxygens (including phenoxy) is 3. The van der Waals surface area contributed by atoms with Crippen LogP contribution in [0.1, 0.15) is 13.3 Å². The molecule has 21 heavy (non-hydrogen) atoms. The number of nitrogens with two attached hydrogens (primary N) is 3. The lowest BCUT2D eigenvalue weighted by Gasteiger charge is -2.15. The Hall–Kier alpha value is -1.50. The molecule has 1 saturated carbocycles. The Morgan fingerprint density at radius 1 is 0.857 bits per heavy atom. The van der Waals surface area contributed by atoms with Crippen LogP contribution in [0.2, 0.25) is 0 Å². The van der Waals surface area contributed by atoms with Gasteiger partial charge in [-0.3, -0.25) is 0 Å².